The van der Waals surface area contributed by atoms with E-state index in [0.717, 1.165) is 11.1 Å². The fraction of sp³-hybridized carbons (Fsp3) is 0.263. The molecule has 0 saturated carbocycles. The fourth-order valence-electron chi connectivity index (χ4n) is 2.28. The predicted molar refractivity (Wildman–Crippen MR) is 99.6 cm³/mol. The Hall–Kier alpha value is -3.22. The van der Waals surface area contributed by atoms with Crippen LogP contribution in [0.3, 0.4) is 0 Å². The number of nitrogens with zero attached hydrogens (tertiary/aromatic N) is 2. The van der Waals surface area contributed by atoms with Gasteiger partial charge in [0.2, 0.25) is 0 Å². The number of ether oxygens (including phenoxy) is 1. The third kappa shape index (κ3) is 5.41. The van der Waals surface area contributed by atoms with Crippen LogP contribution < -0.4 is 10.2 Å². The summed E-state index contributed by atoms with van der Waals surface area (Å²) in [5, 5.41) is 14.4. The second-order valence-electron chi connectivity index (χ2n) is 6.13. The van der Waals surface area contributed by atoms with Crippen LogP contribution in [0.25, 0.3) is 0 Å². The third-order valence-electron chi connectivity index (χ3n) is 3.66. The third-order valence-corrected chi connectivity index (χ3v) is 3.66. The molecule has 0 aromatic heterocycles. The molecule has 0 atom stereocenters. The molecule has 0 aliphatic heterocycles. The van der Waals surface area contributed by atoms with Gasteiger partial charge in [0.15, 0.2) is 6.61 Å². The van der Waals surface area contributed by atoms with Crippen LogP contribution >= 0.6 is 0 Å². The van der Waals surface area contributed by atoms with Gasteiger partial charge < -0.3 is 4.74 Å². The fourth-order valence-corrected chi connectivity index (χ4v) is 2.28. The second-order valence-corrected chi connectivity index (χ2v) is 6.13. The number of aryl methyl sites for hydroxylation is 1. The smallest absolute Gasteiger partial charge is 0.277 e. The number of hydrogen-bond acceptors (Lipinski definition) is 5. The molecule has 2 aromatic carbocycles. The lowest BCUT2D eigenvalue weighted by molar-refractivity contribution is -0.384. The maximum Gasteiger partial charge on any atom is 0.277 e. The van der Waals surface area contributed by atoms with E-state index in [1.807, 2.05) is 25.1 Å². The minimum Gasteiger partial charge on any atom is -0.483 e. The first-order chi connectivity index (χ1) is 12.4. The van der Waals surface area contributed by atoms with E-state index in [4.69, 9.17) is 4.74 Å². The Balaban J connectivity index is 1.89. The lowest BCUT2D eigenvalue weighted by atomic mass is 10.0. The Bertz CT molecular complexity index is 814. The van der Waals surface area contributed by atoms with Gasteiger partial charge in [0.05, 0.1) is 11.1 Å². The normalized spacial score (nSPS) is 10.9. The minimum absolute atomic E-state index is 0.00121. The summed E-state index contributed by atoms with van der Waals surface area (Å²) in [5.74, 6) is 0.586. The highest BCUT2D eigenvalue weighted by atomic mass is 16.6. The van der Waals surface area contributed by atoms with Crippen molar-refractivity contribution in [3.63, 3.8) is 0 Å². The van der Waals surface area contributed by atoms with Gasteiger partial charge in [-0.1, -0.05) is 26.0 Å². The summed E-state index contributed by atoms with van der Waals surface area (Å²) in [6.07, 6.45) is 1.41. The van der Waals surface area contributed by atoms with Crippen LogP contribution in [0.15, 0.2) is 47.6 Å². The molecule has 0 saturated heterocycles. The van der Waals surface area contributed by atoms with Gasteiger partial charge in [-0.2, -0.15) is 5.10 Å². The van der Waals surface area contributed by atoms with Crippen molar-refractivity contribution < 1.29 is 14.5 Å². The molecule has 2 rings (SSSR count). The molecule has 1 N–H and O–H groups in total. The van der Waals surface area contributed by atoms with Crippen molar-refractivity contribution >= 4 is 17.8 Å². The van der Waals surface area contributed by atoms with E-state index in [0.29, 0.717) is 11.3 Å². The molecule has 0 aliphatic carbocycles. The van der Waals surface area contributed by atoms with Crippen molar-refractivity contribution in [2.75, 3.05) is 6.61 Å². The van der Waals surface area contributed by atoms with Crippen molar-refractivity contribution in [3.05, 3.63) is 69.3 Å². The highest BCUT2D eigenvalue weighted by Crippen LogP contribution is 2.27. The summed E-state index contributed by atoms with van der Waals surface area (Å²) in [6, 6.07) is 11.8. The molecule has 0 radical (unpaired) electrons. The van der Waals surface area contributed by atoms with Gasteiger partial charge in [-0.3, -0.25) is 14.9 Å². The van der Waals surface area contributed by atoms with Gasteiger partial charge in [0.1, 0.15) is 5.75 Å². The summed E-state index contributed by atoms with van der Waals surface area (Å²) in [5.41, 5.74) is 5.11. The number of hydrazone groups is 1. The molecule has 7 heteroatoms. The van der Waals surface area contributed by atoms with E-state index in [1.54, 1.807) is 12.1 Å². The van der Waals surface area contributed by atoms with Crippen LogP contribution in [0.2, 0.25) is 0 Å². The first-order valence-electron chi connectivity index (χ1n) is 8.16. The Morgan fingerprint density at radius 2 is 1.96 bits per heavy atom. The van der Waals surface area contributed by atoms with Crippen molar-refractivity contribution in [1.29, 1.82) is 0 Å². The van der Waals surface area contributed by atoms with Crippen LogP contribution in [-0.2, 0) is 4.79 Å². The Labute approximate surface area is 151 Å². The number of carbonyl (C=O) groups excluding carboxylic acids is 1. The van der Waals surface area contributed by atoms with Gasteiger partial charge in [-0.05, 0) is 47.7 Å². The second kappa shape index (κ2) is 8.75. The Morgan fingerprint density at radius 3 is 2.58 bits per heavy atom. The Morgan fingerprint density at radius 1 is 1.27 bits per heavy atom. The summed E-state index contributed by atoms with van der Waals surface area (Å²) >= 11 is 0. The quantitative estimate of drug-likeness (QED) is 0.467. The van der Waals surface area contributed by atoms with Gasteiger partial charge in [-0.25, -0.2) is 5.43 Å². The van der Waals surface area contributed by atoms with E-state index in [-0.39, 0.29) is 24.1 Å². The summed E-state index contributed by atoms with van der Waals surface area (Å²) in [6.45, 7) is 5.94. The van der Waals surface area contributed by atoms with Gasteiger partial charge in [0, 0.05) is 12.1 Å². The molecule has 2 aromatic rings. The summed E-state index contributed by atoms with van der Waals surface area (Å²) in [4.78, 5) is 22.0. The molecular weight excluding hydrogens is 334 g/mol. The standard InChI is InChI=1S/C19H21N3O4/c1-13(2)17-9-4-14(3)10-18(17)26-12-19(23)21-20-11-15-5-7-16(8-6-15)22(24)25/h4-11,13H,12H2,1-3H3,(H,21,23)/b20-11+. The predicted octanol–water partition coefficient (Wildman–Crippen LogP) is 3.56. The van der Waals surface area contributed by atoms with E-state index in [1.165, 1.54) is 18.3 Å². The van der Waals surface area contributed by atoms with Crippen molar-refractivity contribution in [2.45, 2.75) is 26.7 Å². The van der Waals surface area contributed by atoms with Crippen molar-refractivity contribution in [3.8, 4) is 5.75 Å². The zero-order valence-electron chi connectivity index (χ0n) is 14.9. The molecule has 7 nitrogen and oxygen atoms in total. The minimum atomic E-state index is -0.475. The van der Waals surface area contributed by atoms with Crippen molar-refractivity contribution in [2.24, 2.45) is 5.10 Å². The first kappa shape index (κ1) is 19.1. The zero-order chi connectivity index (χ0) is 19.1. The van der Waals surface area contributed by atoms with Gasteiger partial charge >= 0.3 is 0 Å². The lowest BCUT2D eigenvalue weighted by Crippen LogP contribution is -2.25. The first-order valence-corrected chi connectivity index (χ1v) is 8.16. The topological polar surface area (TPSA) is 93.8 Å². The van der Waals surface area contributed by atoms with Crippen molar-refractivity contribution in [1.82, 2.24) is 5.43 Å². The Kier molecular flexibility index (Phi) is 6.43. The molecule has 136 valence electrons. The number of rotatable bonds is 7. The molecule has 26 heavy (non-hydrogen) atoms. The maximum atomic E-state index is 11.9. The molecule has 0 unspecified atom stereocenters. The van der Waals surface area contributed by atoms with E-state index in [2.05, 4.69) is 24.4 Å². The van der Waals surface area contributed by atoms with Crippen LogP contribution in [0.1, 0.15) is 36.5 Å². The number of carbonyl (C=O) groups is 1. The summed E-state index contributed by atoms with van der Waals surface area (Å²) < 4.78 is 5.63. The number of nitrogens with one attached hydrogen (secondary N) is 1. The average Bonchev–Trinajstić information content (AvgIpc) is 2.60. The van der Waals surface area contributed by atoms with Crippen LogP contribution in [0.5, 0.6) is 5.75 Å². The SMILES string of the molecule is Cc1ccc(C(C)C)c(OCC(=O)N/N=C/c2ccc([N+](=O)[O-])cc2)c1. The van der Waals surface area contributed by atoms with Crippen LogP contribution in [0, 0.1) is 17.0 Å². The van der Waals surface area contributed by atoms with E-state index in [9.17, 15) is 14.9 Å². The number of hydrogen-bond donors (Lipinski definition) is 1. The largest absolute Gasteiger partial charge is 0.483 e. The highest BCUT2D eigenvalue weighted by molar-refractivity contribution is 5.83. The monoisotopic (exact) mass is 355 g/mol. The van der Waals surface area contributed by atoms with Gasteiger partial charge in [-0.15, -0.1) is 0 Å². The van der Waals surface area contributed by atoms with Gasteiger partial charge in [0.25, 0.3) is 11.6 Å². The van der Waals surface area contributed by atoms with Crippen LogP contribution in [-0.4, -0.2) is 23.7 Å². The van der Waals surface area contributed by atoms with E-state index < -0.39 is 4.92 Å². The number of nitro benzene ring substituents is 1. The molecule has 0 heterocycles. The molecular formula is C19H21N3O4. The maximum absolute atomic E-state index is 11.9. The summed E-state index contributed by atoms with van der Waals surface area (Å²) in [7, 11) is 0. The number of amides is 1. The van der Waals surface area contributed by atoms with Crippen LogP contribution in [0.4, 0.5) is 5.69 Å². The average molecular weight is 355 g/mol. The highest BCUT2D eigenvalue weighted by Gasteiger charge is 2.10. The number of benzene rings is 2. The lowest BCUT2D eigenvalue weighted by Gasteiger charge is -2.14. The molecule has 0 fully saturated rings. The molecule has 0 spiro atoms. The number of non-ortho nitro benzene ring substituents is 1. The molecule has 1 amide bonds. The van der Waals surface area contributed by atoms with E-state index >= 15 is 0 Å². The number of nitro groups is 1. The molecule has 0 aliphatic rings. The molecule has 0 bridgehead atoms. The zero-order valence-corrected chi connectivity index (χ0v) is 14.9.